The molecule has 0 atom stereocenters. The Hall–Kier alpha value is -1.82. The lowest BCUT2D eigenvalue weighted by atomic mass is 10.3. The van der Waals surface area contributed by atoms with Crippen LogP contribution in [0, 0.1) is 0 Å². The van der Waals surface area contributed by atoms with Gasteiger partial charge >= 0.3 is 5.97 Å². The van der Waals surface area contributed by atoms with Gasteiger partial charge in [-0.2, -0.15) is 0 Å². The largest absolute Gasteiger partial charge is 0.478 e. The third kappa shape index (κ3) is 4.40. The normalized spacial score (nSPS) is 10.7. The van der Waals surface area contributed by atoms with Crippen molar-refractivity contribution < 1.29 is 19.1 Å². The molecule has 0 aliphatic heterocycles. The van der Waals surface area contributed by atoms with Gasteiger partial charge in [-0.25, -0.2) is 4.79 Å². The van der Waals surface area contributed by atoms with Gasteiger partial charge in [0.15, 0.2) is 5.76 Å². The van der Waals surface area contributed by atoms with Crippen LogP contribution in [0.25, 0.3) is 0 Å². The Morgan fingerprint density at radius 2 is 2.00 bits per heavy atom. The molecule has 1 N–H and O–H groups in total. The van der Waals surface area contributed by atoms with Crippen molar-refractivity contribution in [2.45, 2.75) is 13.3 Å². The summed E-state index contributed by atoms with van der Waals surface area (Å²) in [6.07, 6.45) is 1.95. The summed E-state index contributed by atoms with van der Waals surface area (Å²) in [5, 5.41) is 8.79. The molecule has 0 aromatic carbocycles. The number of nitrogens with zero attached hydrogens (tertiary/aromatic N) is 2. The number of hydrogen-bond donors (Lipinski definition) is 1. The highest BCUT2D eigenvalue weighted by Crippen LogP contribution is 2.11. The van der Waals surface area contributed by atoms with Crippen molar-refractivity contribution in [1.82, 2.24) is 9.80 Å². The lowest BCUT2D eigenvalue weighted by Crippen LogP contribution is -2.33. The highest BCUT2D eigenvalue weighted by Gasteiger charge is 2.19. The van der Waals surface area contributed by atoms with Crippen LogP contribution < -0.4 is 0 Å². The van der Waals surface area contributed by atoms with Gasteiger partial charge in [0.2, 0.25) is 0 Å². The van der Waals surface area contributed by atoms with E-state index in [1.807, 2.05) is 25.9 Å². The standard InChI is InChI=1S/C13H20N2O4/c1-4-15(7-5-6-14(2)3)12(16)11-8-10(9-19-11)13(17)18/h8-9H,4-7H2,1-3H3,(H,17,18). The molecule has 1 heterocycles. The van der Waals surface area contributed by atoms with Crippen molar-refractivity contribution in [3.05, 3.63) is 23.7 Å². The SMILES string of the molecule is CCN(CCCN(C)C)C(=O)c1cc(C(=O)O)co1. The number of amides is 1. The molecule has 0 aliphatic carbocycles. The molecule has 0 unspecified atom stereocenters. The minimum atomic E-state index is -1.10. The molecule has 0 fully saturated rings. The summed E-state index contributed by atoms with van der Waals surface area (Å²) in [5.41, 5.74) is -0.00676. The van der Waals surface area contributed by atoms with Crippen molar-refractivity contribution in [2.75, 3.05) is 33.7 Å². The first-order chi connectivity index (χ1) is 8.95. The number of hydrogen-bond acceptors (Lipinski definition) is 4. The lowest BCUT2D eigenvalue weighted by Gasteiger charge is -2.20. The van der Waals surface area contributed by atoms with Gasteiger partial charge in [0, 0.05) is 19.2 Å². The fourth-order valence-corrected chi connectivity index (χ4v) is 1.70. The first-order valence-electron chi connectivity index (χ1n) is 6.21. The van der Waals surface area contributed by atoms with Crippen LogP contribution in [-0.4, -0.2) is 60.5 Å². The second-order valence-electron chi connectivity index (χ2n) is 4.55. The zero-order valence-electron chi connectivity index (χ0n) is 11.5. The zero-order chi connectivity index (χ0) is 14.4. The van der Waals surface area contributed by atoms with Gasteiger partial charge in [0.05, 0.1) is 5.56 Å². The van der Waals surface area contributed by atoms with Crippen molar-refractivity contribution in [3.63, 3.8) is 0 Å². The summed E-state index contributed by atoms with van der Waals surface area (Å²) >= 11 is 0. The molecule has 0 radical (unpaired) electrons. The summed E-state index contributed by atoms with van der Waals surface area (Å²) in [4.78, 5) is 26.5. The topological polar surface area (TPSA) is 74.0 Å². The van der Waals surface area contributed by atoms with Crippen LogP contribution in [0.5, 0.6) is 0 Å². The third-order valence-corrected chi connectivity index (χ3v) is 2.76. The molecule has 0 bridgehead atoms. The molecule has 0 saturated heterocycles. The molecule has 19 heavy (non-hydrogen) atoms. The zero-order valence-corrected chi connectivity index (χ0v) is 11.5. The number of carbonyl (C=O) groups excluding carboxylic acids is 1. The maximum absolute atomic E-state index is 12.1. The lowest BCUT2D eigenvalue weighted by molar-refractivity contribution is 0.0694. The predicted molar refractivity (Wildman–Crippen MR) is 70.4 cm³/mol. The Balaban J connectivity index is 2.64. The summed E-state index contributed by atoms with van der Waals surface area (Å²) in [5.74, 6) is -1.30. The molecule has 6 heteroatoms. The molecular weight excluding hydrogens is 248 g/mol. The molecule has 0 spiro atoms. The van der Waals surface area contributed by atoms with E-state index in [4.69, 9.17) is 9.52 Å². The Morgan fingerprint density at radius 1 is 1.32 bits per heavy atom. The summed E-state index contributed by atoms with van der Waals surface area (Å²) in [6.45, 7) is 3.96. The van der Waals surface area contributed by atoms with Crippen LogP contribution in [0.4, 0.5) is 0 Å². The van der Waals surface area contributed by atoms with Gasteiger partial charge in [-0.3, -0.25) is 4.79 Å². The van der Waals surface area contributed by atoms with E-state index in [0.29, 0.717) is 13.1 Å². The monoisotopic (exact) mass is 268 g/mol. The maximum atomic E-state index is 12.1. The average molecular weight is 268 g/mol. The minimum Gasteiger partial charge on any atom is -0.478 e. The highest BCUT2D eigenvalue weighted by molar-refractivity contribution is 5.95. The Labute approximate surface area is 112 Å². The first-order valence-corrected chi connectivity index (χ1v) is 6.21. The minimum absolute atomic E-state index is 0.00676. The van der Waals surface area contributed by atoms with E-state index < -0.39 is 5.97 Å². The van der Waals surface area contributed by atoms with Crippen molar-refractivity contribution in [2.24, 2.45) is 0 Å². The fourth-order valence-electron chi connectivity index (χ4n) is 1.70. The van der Waals surface area contributed by atoms with E-state index in [2.05, 4.69) is 0 Å². The molecule has 0 aliphatic rings. The summed E-state index contributed by atoms with van der Waals surface area (Å²) in [6, 6.07) is 1.26. The van der Waals surface area contributed by atoms with E-state index in [0.717, 1.165) is 19.2 Å². The number of aromatic carboxylic acids is 1. The molecule has 1 rings (SSSR count). The van der Waals surface area contributed by atoms with Gasteiger partial charge in [0.25, 0.3) is 5.91 Å². The molecular formula is C13H20N2O4. The number of carbonyl (C=O) groups is 2. The van der Waals surface area contributed by atoms with Gasteiger partial charge in [-0.05, 0) is 34.0 Å². The number of furan rings is 1. The second-order valence-corrected chi connectivity index (χ2v) is 4.55. The molecule has 0 saturated carbocycles. The van der Waals surface area contributed by atoms with Crippen molar-refractivity contribution in [3.8, 4) is 0 Å². The van der Waals surface area contributed by atoms with Crippen molar-refractivity contribution >= 4 is 11.9 Å². The Bertz CT molecular complexity index is 440. The molecule has 1 amide bonds. The van der Waals surface area contributed by atoms with Crippen LogP contribution in [-0.2, 0) is 0 Å². The smallest absolute Gasteiger partial charge is 0.338 e. The molecule has 1 aromatic rings. The van der Waals surface area contributed by atoms with E-state index in [1.165, 1.54) is 6.07 Å². The Morgan fingerprint density at radius 3 is 2.47 bits per heavy atom. The van der Waals surface area contributed by atoms with Gasteiger partial charge in [-0.15, -0.1) is 0 Å². The second kappa shape index (κ2) is 6.94. The highest BCUT2D eigenvalue weighted by atomic mass is 16.4. The van der Waals surface area contributed by atoms with Crippen LogP contribution in [0.3, 0.4) is 0 Å². The quantitative estimate of drug-likeness (QED) is 0.809. The Kier molecular flexibility index (Phi) is 5.57. The van der Waals surface area contributed by atoms with Crippen LogP contribution in [0.1, 0.15) is 34.3 Å². The van der Waals surface area contributed by atoms with Gasteiger partial charge < -0.3 is 19.3 Å². The van der Waals surface area contributed by atoms with E-state index in [9.17, 15) is 9.59 Å². The molecule has 6 nitrogen and oxygen atoms in total. The number of carboxylic acids is 1. The third-order valence-electron chi connectivity index (χ3n) is 2.76. The fraction of sp³-hybridized carbons (Fsp3) is 0.538. The van der Waals surface area contributed by atoms with Gasteiger partial charge in [-0.1, -0.05) is 0 Å². The predicted octanol–water partition coefficient (Wildman–Crippen LogP) is 1.39. The maximum Gasteiger partial charge on any atom is 0.338 e. The average Bonchev–Trinajstić information content (AvgIpc) is 2.83. The van der Waals surface area contributed by atoms with E-state index >= 15 is 0 Å². The van der Waals surface area contributed by atoms with E-state index in [1.54, 1.807) is 4.90 Å². The molecule has 106 valence electrons. The summed E-state index contributed by atoms with van der Waals surface area (Å²) in [7, 11) is 3.95. The van der Waals surface area contributed by atoms with E-state index in [-0.39, 0.29) is 17.2 Å². The summed E-state index contributed by atoms with van der Waals surface area (Å²) < 4.78 is 5.02. The first kappa shape index (κ1) is 15.2. The van der Waals surface area contributed by atoms with Crippen LogP contribution in [0.2, 0.25) is 0 Å². The van der Waals surface area contributed by atoms with Crippen molar-refractivity contribution in [1.29, 1.82) is 0 Å². The molecule has 1 aromatic heterocycles. The van der Waals surface area contributed by atoms with Crippen LogP contribution in [0.15, 0.2) is 16.7 Å². The number of carboxylic acid groups (broad SMARTS) is 1. The number of rotatable bonds is 7. The van der Waals surface area contributed by atoms with Gasteiger partial charge in [0.1, 0.15) is 6.26 Å². The van der Waals surface area contributed by atoms with Crippen LogP contribution >= 0.6 is 0 Å².